The van der Waals surface area contributed by atoms with Gasteiger partial charge in [-0.3, -0.25) is 4.79 Å². The van der Waals surface area contributed by atoms with Gasteiger partial charge in [0.1, 0.15) is 11.9 Å². The number of alkyl halides is 3. The highest BCUT2D eigenvalue weighted by Gasteiger charge is 2.39. The highest BCUT2D eigenvalue weighted by Crippen LogP contribution is 2.36. The number of fused-ring (bicyclic) bond motifs is 1. The second kappa shape index (κ2) is 15.4. The van der Waals surface area contributed by atoms with Crippen molar-refractivity contribution in [2.45, 2.75) is 68.6 Å². The van der Waals surface area contributed by atoms with Crippen molar-refractivity contribution in [2.24, 2.45) is 0 Å². The largest absolute Gasteiger partial charge is 0.490 e. The quantitative estimate of drug-likeness (QED) is 0.137. The summed E-state index contributed by atoms with van der Waals surface area (Å²) in [4.78, 5) is 27.2. The Bertz CT molecular complexity index is 1920. The summed E-state index contributed by atoms with van der Waals surface area (Å²) >= 11 is 0. The van der Waals surface area contributed by atoms with Crippen LogP contribution in [-0.4, -0.2) is 54.5 Å². The van der Waals surface area contributed by atoms with E-state index >= 15 is 0 Å². The van der Waals surface area contributed by atoms with E-state index in [1.54, 1.807) is 42.6 Å². The maximum absolute atomic E-state index is 13.9. The number of benzene rings is 3. The van der Waals surface area contributed by atoms with Crippen LogP contribution in [0.4, 0.5) is 24.7 Å². The fraction of sp³-hybridized carbons (Fsp3) is 0.324. The predicted molar refractivity (Wildman–Crippen MR) is 178 cm³/mol. The molecule has 0 spiro atoms. The van der Waals surface area contributed by atoms with Crippen molar-refractivity contribution in [1.82, 2.24) is 10.3 Å². The first-order valence-corrected chi connectivity index (χ1v) is 16.9. The Balaban J connectivity index is 0.000000698. The van der Waals surface area contributed by atoms with E-state index in [1.807, 2.05) is 51.1 Å². The number of amides is 1. The van der Waals surface area contributed by atoms with Gasteiger partial charge in [-0.15, -0.1) is 0 Å². The van der Waals surface area contributed by atoms with Crippen molar-refractivity contribution in [3.63, 3.8) is 0 Å². The number of carboxylic acid groups (broad SMARTS) is 1. The monoisotopic (exact) mass is 702 g/mol. The molecular weight excluding hydrogens is 665 g/mol. The SMILES string of the molecule is CCOc1cc([C@@H](Nc2ccc3c(N)nccc3c2)C(=O)NCc2ccccc2S(=O)(=O)C2CC2)ccc1OC(C)C.O=C(O)C(F)(F)F. The number of anilines is 2. The molecule has 1 aliphatic rings. The summed E-state index contributed by atoms with van der Waals surface area (Å²) in [5.74, 6) is -1.55. The van der Waals surface area contributed by atoms with Gasteiger partial charge in [0, 0.05) is 23.8 Å². The number of aliphatic carboxylic acids is 1. The van der Waals surface area contributed by atoms with Gasteiger partial charge in [0.2, 0.25) is 5.91 Å². The molecule has 262 valence electrons. The molecule has 1 aliphatic carbocycles. The molecule has 3 aromatic carbocycles. The smallest absolute Gasteiger partial charge is 0.490 e. The lowest BCUT2D eigenvalue weighted by Crippen LogP contribution is -2.33. The average Bonchev–Trinajstić information content (AvgIpc) is 3.90. The minimum absolute atomic E-state index is 0.0567. The second-order valence-electron chi connectivity index (χ2n) is 11.4. The number of aromatic nitrogens is 1. The molecule has 0 bridgehead atoms. The number of sulfone groups is 1. The summed E-state index contributed by atoms with van der Waals surface area (Å²) in [6.45, 7) is 6.24. The molecule has 49 heavy (non-hydrogen) atoms. The Morgan fingerprint density at radius 1 is 1.04 bits per heavy atom. The van der Waals surface area contributed by atoms with E-state index in [-0.39, 0.29) is 28.7 Å². The fourth-order valence-electron chi connectivity index (χ4n) is 4.85. The molecule has 0 unspecified atom stereocenters. The summed E-state index contributed by atoms with van der Waals surface area (Å²) in [5.41, 5.74) is 7.95. The van der Waals surface area contributed by atoms with E-state index < -0.39 is 28.0 Å². The van der Waals surface area contributed by atoms with Gasteiger partial charge in [0.05, 0.1) is 22.9 Å². The van der Waals surface area contributed by atoms with Crippen molar-refractivity contribution in [2.75, 3.05) is 17.7 Å². The van der Waals surface area contributed by atoms with Gasteiger partial charge in [0.15, 0.2) is 21.3 Å². The second-order valence-corrected chi connectivity index (χ2v) is 13.6. The van der Waals surface area contributed by atoms with Gasteiger partial charge in [-0.1, -0.05) is 24.3 Å². The van der Waals surface area contributed by atoms with Crippen LogP contribution < -0.4 is 25.8 Å². The summed E-state index contributed by atoms with van der Waals surface area (Å²) in [6, 6.07) is 18.9. The van der Waals surface area contributed by atoms with Crippen LogP contribution in [0.15, 0.2) is 77.8 Å². The third-order valence-corrected chi connectivity index (χ3v) is 9.63. The zero-order valence-electron chi connectivity index (χ0n) is 27.0. The molecule has 5 N–H and O–H groups in total. The number of ether oxygens (including phenoxy) is 2. The van der Waals surface area contributed by atoms with Crippen LogP contribution in [0.5, 0.6) is 11.5 Å². The third kappa shape index (κ3) is 9.53. The molecular formula is C34H37F3N4O7S. The van der Waals surface area contributed by atoms with E-state index in [0.717, 1.165) is 10.8 Å². The number of halogens is 3. The van der Waals surface area contributed by atoms with Crippen LogP contribution >= 0.6 is 0 Å². The number of hydrogen-bond donors (Lipinski definition) is 4. The lowest BCUT2D eigenvalue weighted by Gasteiger charge is -2.23. The van der Waals surface area contributed by atoms with Gasteiger partial charge in [-0.2, -0.15) is 13.2 Å². The first-order valence-electron chi connectivity index (χ1n) is 15.4. The van der Waals surface area contributed by atoms with E-state index in [1.165, 1.54) is 0 Å². The fourth-order valence-corrected chi connectivity index (χ4v) is 6.74. The Morgan fingerprint density at radius 2 is 1.73 bits per heavy atom. The molecule has 0 saturated heterocycles. The van der Waals surface area contributed by atoms with Crippen LogP contribution in [0.3, 0.4) is 0 Å². The molecule has 1 saturated carbocycles. The number of nitrogens with zero attached hydrogens (tertiary/aromatic N) is 1. The third-order valence-electron chi connectivity index (χ3n) is 7.27. The Morgan fingerprint density at radius 3 is 2.37 bits per heavy atom. The summed E-state index contributed by atoms with van der Waals surface area (Å²) < 4.78 is 69.6. The molecule has 1 aromatic heterocycles. The van der Waals surface area contributed by atoms with E-state index in [2.05, 4.69) is 15.6 Å². The standard InChI is InChI=1S/C32H36N4O5S.C2HF3O2/c1-4-40-28-18-22(9-14-27(28)41-20(2)3)30(36-24-10-13-26-21(17-24)15-16-34-31(26)33)32(37)35-19-23-7-5-6-8-29(23)42(38,39)25-11-12-25;3-2(4,5)1(6)7/h5-10,13-18,20,25,30,36H,4,11-12,19H2,1-3H3,(H2,33,34)(H,35,37);(H,6,7)/t30-;/m1./s1. The zero-order valence-corrected chi connectivity index (χ0v) is 27.8. The molecule has 4 aromatic rings. The van der Waals surface area contributed by atoms with Gasteiger partial charge in [-0.05, 0) is 92.6 Å². The van der Waals surface area contributed by atoms with Crippen molar-refractivity contribution in [3.05, 3.63) is 84.1 Å². The van der Waals surface area contributed by atoms with E-state index in [0.29, 0.717) is 53.6 Å². The number of carbonyl (C=O) groups is 2. The Labute approximate surface area is 281 Å². The molecule has 0 radical (unpaired) electrons. The first-order chi connectivity index (χ1) is 23.1. The highest BCUT2D eigenvalue weighted by molar-refractivity contribution is 7.92. The lowest BCUT2D eigenvalue weighted by atomic mass is 10.0. The Kier molecular flexibility index (Phi) is 11.6. The number of nitrogen functional groups attached to an aromatic ring is 1. The van der Waals surface area contributed by atoms with Crippen LogP contribution in [0.1, 0.15) is 50.8 Å². The summed E-state index contributed by atoms with van der Waals surface area (Å²) in [7, 11) is -3.43. The van der Waals surface area contributed by atoms with E-state index in [4.69, 9.17) is 25.1 Å². The maximum Gasteiger partial charge on any atom is 0.490 e. The van der Waals surface area contributed by atoms with Crippen LogP contribution in [-0.2, 0) is 26.0 Å². The molecule has 1 atom stereocenters. The lowest BCUT2D eigenvalue weighted by molar-refractivity contribution is -0.192. The number of nitrogens with two attached hydrogens (primary N) is 1. The zero-order chi connectivity index (χ0) is 35.9. The average molecular weight is 703 g/mol. The first kappa shape index (κ1) is 36.8. The number of hydrogen-bond acceptors (Lipinski definition) is 9. The molecule has 1 heterocycles. The van der Waals surface area contributed by atoms with Crippen molar-refractivity contribution < 1.29 is 45.8 Å². The van der Waals surface area contributed by atoms with Crippen LogP contribution in [0.2, 0.25) is 0 Å². The summed E-state index contributed by atoms with van der Waals surface area (Å²) in [5, 5.41) is 14.8. The van der Waals surface area contributed by atoms with Crippen molar-refractivity contribution in [3.8, 4) is 11.5 Å². The number of carbonyl (C=O) groups excluding carboxylic acids is 1. The molecule has 5 rings (SSSR count). The van der Waals surface area contributed by atoms with Gasteiger partial charge >= 0.3 is 12.1 Å². The molecule has 0 aliphatic heterocycles. The van der Waals surface area contributed by atoms with Gasteiger partial charge < -0.3 is 30.9 Å². The van der Waals surface area contributed by atoms with Gasteiger partial charge in [-0.25, -0.2) is 18.2 Å². The minimum Gasteiger partial charge on any atom is -0.490 e. The normalized spacial score (nSPS) is 13.6. The molecule has 11 nitrogen and oxygen atoms in total. The molecule has 1 fully saturated rings. The number of pyridine rings is 1. The number of carboxylic acids is 1. The highest BCUT2D eigenvalue weighted by atomic mass is 32.2. The summed E-state index contributed by atoms with van der Waals surface area (Å²) in [6.07, 6.45) is -2.16. The molecule has 1 amide bonds. The van der Waals surface area contributed by atoms with Crippen LogP contribution in [0.25, 0.3) is 10.8 Å². The maximum atomic E-state index is 13.9. The number of nitrogens with one attached hydrogen (secondary N) is 2. The number of rotatable bonds is 12. The molecule has 15 heteroatoms. The van der Waals surface area contributed by atoms with Gasteiger partial charge in [0.25, 0.3) is 0 Å². The minimum atomic E-state index is -5.08. The predicted octanol–water partition coefficient (Wildman–Crippen LogP) is 6.04. The van der Waals surface area contributed by atoms with Crippen molar-refractivity contribution >= 4 is 44.0 Å². The van der Waals surface area contributed by atoms with Crippen molar-refractivity contribution in [1.29, 1.82) is 0 Å². The van der Waals surface area contributed by atoms with E-state index in [9.17, 15) is 26.4 Å². The van der Waals surface area contributed by atoms with Crippen LogP contribution in [0, 0.1) is 0 Å². The Hall–Kier alpha value is -5.05. The topological polar surface area (TPSA) is 170 Å².